The van der Waals surface area contributed by atoms with E-state index in [1.807, 2.05) is 0 Å². The third kappa shape index (κ3) is 1.95. The summed E-state index contributed by atoms with van der Waals surface area (Å²) in [6.07, 6.45) is 6.33. The summed E-state index contributed by atoms with van der Waals surface area (Å²) >= 11 is 2.48. The van der Waals surface area contributed by atoms with E-state index in [-0.39, 0.29) is 0 Å². The van der Waals surface area contributed by atoms with E-state index in [4.69, 9.17) is 0 Å². The first-order valence-corrected chi connectivity index (χ1v) is 5.08. The van der Waals surface area contributed by atoms with Crippen molar-refractivity contribution in [2.45, 2.75) is 19.3 Å². The number of halogens is 1. The molecule has 2 atom stereocenters. The summed E-state index contributed by atoms with van der Waals surface area (Å²) in [5.74, 6) is 1.83. The molecule has 1 saturated carbocycles. The quantitative estimate of drug-likeness (QED) is 0.392. The van der Waals surface area contributed by atoms with Crippen molar-refractivity contribution in [3.63, 3.8) is 0 Å². The Morgan fingerprint density at radius 3 is 2.67 bits per heavy atom. The summed E-state index contributed by atoms with van der Waals surface area (Å²) in [5, 5.41) is 0. The predicted molar refractivity (Wildman–Crippen MR) is 49.9 cm³/mol. The molecule has 0 heterocycles. The molecule has 0 spiro atoms. The number of hydrogen-bond acceptors (Lipinski definition) is 0. The molecular formula is C8H13I. The van der Waals surface area contributed by atoms with Crippen LogP contribution < -0.4 is 0 Å². The van der Waals surface area contributed by atoms with Crippen LogP contribution in [0.4, 0.5) is 0 Å². The van der Waals surface area contributed by atoms with E-state index < -0.39 is 0 Å². The van der Waals surface area contributed by atoms with Gasteiger partial charge in [-0.1, -0.05) is 28.7 Å². The van der Waals surface area contributed by atoms with Gasteiger partial charge in [0.25, 0.3) is 0 Å². The zero-order chi connectivity index (χ0) is 6.69. The summed E-state index contributed by atoms with van der Waals surface area (Å²) in [6, 6.07) is 0. The molecule has 0 saturated heterocycles. The van der Waals surface area contributed by atoms with E-state index in [0.717, 1.165) is 11.8 Å². The Morgan fingerprint density at radius 1 is 1.56 bits per heavy atom. The van der Waals surface area contributed by atoms with Gasteiger partial charge in [0, 0.05) is 4.43 Å². The summed E-state index contributed by atoms with van der Waals surface area (Å²) in [7, 11) is 0. The molecule has 1 heteroatoms. The lowest BCUT2D eigenvalue weighted by Crippen LogP contribution is -1.94. The molecule has 52 valence electrons. The van der Waals surface area contributed by atoms with Crippen LogP contribution in [0.25, 0.3) is 0 Å². The van der Waals surface area contributed by atoms with E-state index in [1.165, 1.54) is 23.7 Å². The monoisotopic (exact) mass is 236 g/mol. The van der Waals surface area contributed by atoms with Crippen molar-refractivity contribution in [1.29, 1.82) is 0 Å². The average Bonchev–Trinajstić information content (AvgIpc) is 2.34. The summed E-state index contributed by atoms with van der Waals surface area (Å²) in [6.45, 7) is 3.81. The zero-order valence-electron chi connectivity index (χ0n) is 5.65. The highest BCUT2D eigenvalue weighted by Crippen LogP contribution is 2.32. The van der Waals surface area contributed by atoms with Gasteiger partial charge in [0.15, 0.2) is 0 Å². The molecule has 0 aromatic carbocycles. The van der Waals surface area contributed by atoms with Gasteiger partial charge in [-0.2, -0.15) is 0 Å². The summed E-state index contributed by atoms with van der Waals surface area (Å²) in [5.41, 5.74) is 0. The number of allylic oxidation sites excluding steroid dienone is 1. The number of alkyl halides is 1. The topological polar surface area (TPSA) is 0 Å². The van der Waals surface area contributed by atoms with Gasteiger partial charge in [-0.3, -0.25) is 0 Å². The molecule has 0 aromatic rings. The molecular weight excluding hydrogens is 223 g/mol. The van der Waals surface area contributed by atoms with Gasteiger partial charge in [-0.15, -0.1) is 6.58 Å². The van der Waals surface area contributed by atoms with Crippen LogP contribution in [0.2, 0.25) is 0 Å². The van der Waals surface area contributed by atoms with Crippen LogP contribution in [0, 0.1) is 11.8 Å². The summed E-state index contributed by atoms with van der Waals surface area (Å²) in [4.78, 5) is 0. The van der Waals surface area contributed by atoms with E-state index in [9.17, 15) is 0 Å². The fourth-order valence-corrected chi connectivity index (χ4v) is 2.27. The van der Waals surface area contributed by atoms with Gasteiger partial charge in [0.2, 0.25) is 0 Å². The van der Waals surface area contributed by atoms with E-state index in [1.54, 1.807) is 0 Å². The molecule has 0 amide bonds. The Hall–Kier alpha value is 0.470. The minimum Gasteiger partial charge on any atom is -0.103 e. The van der Waals surface area contributed by atoms with Crippen LogP contribution in [0.1, 0.15) is 19.3 Å². The molecule has 1 aliphatic carbocycles. The van der Waals surface area contributed by atoms with Crippen molar-refractivity contribution < 1.29 is 0 Å². The Morgan fingerprint density at radius 2 is 2.33 bits per heavy atom. The van der Waals surface area contributed by atoms with Gasteiger partial charge in [-0.05, 0) is 31.1 Å². The van der Waals surface area contributed by atoms with Gasteiger partial charge in [0.1, 0.15) is 0 Å². The van der Waals surface area contributed by atoms with Crippen molar-refractivity contribution >= 4 is 22.6 Å². The lowest BCUT2D eigenvalue weighted by molar-refractivity contribution is 0.603. The molecule has 1 rings (SSSR count). The van der Waals surface area contributed by atoms with Gasteiger partial charge < -0.3 is 0 Å². The Bertz CT molecular complexity index is 98.7. The third-order valence-electron chi connectivity index (χ3n) is 2.13. The lowest BCUT2D eigenvalue weighted by atomic mass is 10.1. The van der Waals surface area contributed by atoms with E-state index in [0.29, 0.717) is 0 Å². The van der Waals surface area contributed by atoms with E-state index in [2.05, 4.69) is 35.2 Å². The van der Waals surface area contributed by atoms with Crippen molar-refractivity contribution in [2.75, 3.05) is 4.43 Å². The fraction of sp³-hybridized carbons (Fsp3) is 0.750. The molecule has 0 aliphatic heterocycles. The van der Waals surface area contributed by atoms with Crippen LogP contribution in [0.15, 0.2) is 12.7 Å². The van der Waals surface area contributed by atoms with Crippen LogP contribution >= 0.6 is 22.6 Å². The molecule has 0 bridgehead atoms. The first-order chi connectivity index (χ1) is 4.36. The van der Waals surface area contributed by atoms with Crippen LogP contribution in [0.5, 0.6) is 0 Å². The van der Waals surface area contributed by atoms with Crippen molar-refractivity contribution in [3.05, 3.63) is 12.7 Å². The zero-order valence-corrected chi connectivity index (χ0v) is 7.80. The Balaban J connectivity index is 2.28. The smallest absolute Gasteiger partial charge is 0.00239 e. The largest absolute Gasteiger partial charge is 0.103 e. The van der Waals surface area contributed by atoms with Crippen molar-refractivity contribution in [2.24, 2.45) is 11.8 Å². The third-order valence-corrected chi connectivity index (χ3v) is 3.38. The maximum absolute atomic E-state index is 3.81. The molecule has 0 unspecified atom stereocenters. The molecule has 9 heavy (non-hydrogen) atoms. The normalized spacial score (nSPS) is 34.8. The number of rotatable bonds is 2. The first kappa shape index (κ1) is 7.58. The molecule has 0 aromatic heterocycles. The molecule has 0 radical (unpaired) electrons. The number of hydrogen-bond donors (Lipinski definition) is 0. The standard InChI is InChI=1S/C8H13I/c1-2-7-3-4-8(5-7)6-9/h2,7-8H,1,3-6H2/t7-,8+/m1/s1. The summed E-state index contributed by atoms with van der Waals surface area (Å²) < 4.78 is 1.34. The van der Waals surface area contributed by atoms with Gasteiger partial charge in [0.05, 0.1) is 0 Å². The molecule has 0 nitrogen and oxygen atoms in total. The van der Waals surface area contributed by atoms with Crippen molar-refractivity contribution in [1.82, 2.24) is 0 Å². The predicted octanol–water partition coefficient (Wildman–Crippen LogP) is 3.02. The Kier molecular flexibility index (Phi) is 3.02. The SMILES string of the molecule is C=C[C@@H]1CC[C@H](CI)C1. The van der Waals surface area contributed by atoms with Crippen LogP contribution in [-0.2, 0) is 0 Å². The van der Waals surface area contributed by atoms with Crippen LogP contribution in [0.3, 0.4) is 0 Å². The second kappa shape index (κ2) is 3.59. The van der Waals surface area contributed by atoms with Crippen molar-refractivity contribution in [3.8, 4) is 0 Å². The minimum atomic E-state index is 0.838. The maximum atomic E-state index is 3.81. The highest BCUT2D eigenvalue weighted by molar-refractivity contribution is 14.1. The minimum absolute atomic E-state index is 0.838. The lowest BCUT2D eigenvalue weighted by Gasteiger charge is -2.02. The van der Waals surface area contributed by atoms with Gasteiger partial charge >= 0.3 is 0 Å². The second-order valence-electron chi connectivity index (χ2n) is 2.83. The highest BCUT2D eigenvalue weighted by Gasteiger charge is 2.20. The van der Waals surface area contributed by atoms with E-state index >= 15 is 0 Å². The first-order valence-electron chi connectivity index (χ1n) is 3.55. The highest BCUT2D eigenvalue weighted by atomic mass is 127. The average molecular weight is 236 g/mol. The maximum Gasteiger partial charge on any atom is 0.00239 e. The molecule has 0 N–H and O–H groups in total. The van der Waals surface area contributed by atoms with Gasteiger partial charge in [-0.25, -0.2) is 0 Å². The Labute approximate surface area is 70.9 Å². The van der Waals surface area contributed by atoms with Crippen LogP contribution in [-0.4, -0.2) is 4.43 Å². The second-order valence-corrected chi connectivity index (χ2v) is 3.71. The molecule has 1 aliphatic rings. The fourth-order valence-electron chi connectivity index (χ4n) is 1.47. The molecule has 1 fully saturated rings.